The fraction of sp³-hybridized carbons (Fsp3) is 0.478. The molecule has 0 aliphatic rings. The van der Waals surface area contributed by atoms with E-state index in [2.05, 4.69) is 191 Å². The molecule has 0 rings (SSSR count). The highest BCUT2D eigenvalue weighted by Crippen LogP contribution is 2.10. The fourth-order valence-corrected chi connectivity index (χ4v) is 6.57. The second-order valence-electron chi connectivity index (χ2n) is 17.4. The molecule has 1 unspecified atom stereocenters. The third-order valence-electron chi connectivity index (χ3n) is 10.6. The Morgan fingerprint density at radius 3 is 0.945 bits per heavy atom. The third-order valence-corrected chi connectivity index (χ3v) is 10.6. The molecule has 0 saturated carbocycles. The van der Waals surface area contributed by atoms with Crippen molar-refractivity contribution in [2.45, 2.75) is 194 Å². The molecule has 0 amide bonds. The maximum Gasteiger partial charge on any atom is 0.309 e. The Hall–Kier alpha value is -5.75. The summed E-state index contributed by atoms with van der Waals surface area (Å²) in [6.07, 6.45) is 90.2. The maximum absolute atomic E-state index is 12.8. The largest absolute Gasteiger partial charge is 0.462 e. The zero-order chi connectivity index (χ0) is 52.9. The smallest absolute Gasteiger partial charge is 0.309 e. The van der Waals surface area contributed by atoms with E-state index in [4.69, 9.17) is 14.2 Å². The molecule has 6 nitrogen and oxygen atoms in total. The highest BCUT2D eigenvalue weighted by Gasteiger charge is 2.19. The van der Waals surface area contributed by atoms with Crippen LogP contribution in [0.2, 0.25) is 0 Å². The molecule has 0 saturated heterocycles. The number of esters is 3. The molecule has 0 fully saturated rings. The highest BCUT2D eigenvalue weighted by molar-refractivity contribution is 5.72. The molecule has 1 atom stereocenters. The molecule has 402 valence electrons. The first-order valence-electron chi connectivity index (χ1n) is 27.9. The van der Waals surface area contributed by atoms with Gasteiger partial charge in [0.05, 0.1) is 6.42 Å². The van der Waals surface area contributed by atoms with Crippen molar-refractivity contribution in [1.82, 2.24) is 0 Å². The van der Waals surface area contributed by atoms with Gasteiger partial charge < -0.3 is 14.2 Å². The lowest BCUT2D eigenvalue weighted by atomic mass is 10.1. The first-order chi connectivity index (χ1) is 36.0. The molecular weight excluding hydrogens is 901 g/mol. The Kier molecular flexibility index (Phi) is 54.2. The standard InChI is InChI=1S/C67H98O6/c1-4-7-10-13-16-19-22-25-28-30-32-33-35-36-39-42-45-48-51-54-57-60-66(69)72-63-64(62-71-65(68)59-56-53-50-47-44-41-38-27-24-21-18-15-12-9-6-3)73-67(70)61-58-55-52-49-46-43-40-37-34-31-29-26-23-20-17-14-11-8-5-2/h7-12,16-21,25-29,32-34,36-39,43-44,46-47,52-53,55-56,64H,4-6,13-15,22-24,30-31,35,40-42,45,48-51,54,57-63H2,1-3H3/b10-7-,11-8-,12-9-,19-16-,20-17-,21-18-,28-25-,29-26-,33-32-,37-34-,38-27-,39-36-,46-43-,47-44-,55-52-,56-53-. The minimum atomic E-state index is -0.880. The summed E-state index contributed by atoms with van der Waals surface area (Å²) in [5.41, 5.74) is 0. The van der Waals surface area contributed by atoms with Crippen LogP contribution >= 0.6 is 0 Å². The van der Waals surface area contributed by atoms with Crippen molar-refractivity contribution in [1.29, 1.82) is 0 Å². The lowest BCUT2D eigenvalue weighted by Crippen LogP contribution is -2.30. The van der Waals surface area contributed by atoms with Gasteiger partial charge in [0.2, 0.25) is 0 Å². The summed E-state index contributed by atoms with van der Waals surface area (Å²) in [6, 6.07) is 0. The van der Waals surface area contributed by atoms with E-state index in [-0.39, 0.29) is 32.0 Å². The van der Waals surface area contributed by atoms with Gasteiger partial charge in [-0.15, -0.1) is 0 Å². The van der Waals surface area contributed by atoms with Crippen molar-refractivity contribution in [3.8, 4) is 0 Å². The van der Waals surface area contributed by atoms with Gasteiger partial charge in [0.1, 0.15) is 13.2 Å². The Morgan fingerprint density at radius 2 is 0.575 bits per heavy atom. The average Bonchev–Trinajstić information content (AvgIpc) is 3.39. The number of unbranched alkanes of at least 4 members (excludes halogenated alkanes) is 5. The molecule has 0 aromatic carbocycles. The predicted octanol–water partition coefficient (Wildman–Crippen LogP) is 19.1. The van der Waals surface area contributed by atoms with Gasteiger partial charge in [0.15, 0.2) is 6.10 Å². The third kappa shape index (κ3) is 57.0. The molecule has 0 heterocycles. The zero-order valence-electron chi connectivity index (χ0n) is 45.8. The Labute approximate surface area is 446 Å². The molecule has 0 aliphatic carbocycles. The van der Waals surface area contributed by atoms with Crippen molar-refractivity contribution in [3.05, 3.63) is 194 Å². The van der Waals surface area contributed by atoms with Gasteiger partial charge in [0.25, 0.3) is 0 Å². The van der Waals surface area contributed by atoms with Crippen molar-refractivity contribution >= 4 is 17.9 Å². The molecule has 0 N–H and O–H groups in total. The van der Waals surface area contributed by atoms with Crippen LogP contribution in [0.25, 0.3) is 0 Å². The number of ether oxygens (including phenoxy) is 3. The van der Waals surface area contributed by atoms with E-state index in [0.717, 1.165) is 135 Å². The first kappa shape index (κ1) is 67.2. The van der Waals surface area contributed by atoms with Crippen LogP contribution in [0.1, 0.15) is 188 Å². The second kappa shape index (κ2) is 58.8. The fourth-order valence-electron chi connectivity index (χ4n) is 6.57. The molecule has 0 aromatic heterocycles. The van der Waals surface area contributed by atoms with Crippen LogP contribution in [0.3, 0.4) is 0 Å². The monoisotopic (exact) mass is 999 g/mol. The normalized spacial score (nSPS) is 13.6. The van der Waals surface area contributed by atoms with Crippen LogP contribution in [-0.4, -0.2) is 37.2 Å². The van der Waals surface area contributed by atoms with E-state index in [9.17, 15) is 14.4 Å². The van der Waals surface area contributed by atoms with Gasteiger partial charge in [-0.1, -0.05) is 234 Å². The number of allylic oxidation sites excluding steroid dienone is 31. The quantitative estimate of drug-likeness (QED) is 0.0262. The Morgan fingerprint density at radius 1 is 0.288 bits per heavy atom. The lowest BCUT2D eigenvalue weighted by Gasteiger charge is -2.18. The van der Waals surface area contributed by atoms with Crippen LogP contribution in [0, 0.1) is 0 Å². The summed E-state index contributed by atoms with van der Waals surface area (Å²) in [5.74, 6) is -1.21. The minimum Gasteiger partial charge on any atom is -0.462 e. The van der Waals surface area contributed by atoms with Crippen molar-refractivity contribution in [3.63, 3.8) is 0 Å². The minimum absolute atomic E-state index is 0.0962. The summed E-state index contributed by atoms with van der Waals surface area (Å²) >= 11 is 0. The number of carbonyl (C=O) groups is 3. The lowest BCUT2D eigenvalue weighted by molar-refractivity contribution is -0.166. The van der Waals surface area contributed by atoms with E-state index in [1.807, 2.05) is 18.2 Å². The number of hydrogen-bond donors (Lipinski definition) is 0. The van der Waals surface area contributed by atoms with Gasteiger partial charge in [-0.2, -0.15) is 0 Å². The molecule has 73 heavy (non-hydrogen) atoms. The summed E-state index contributed by atoms with van der Waals surface area (Å²) in [4.78, 5) is 38.1. The summed E-state index contributed by atoms with van der Waals surface area (Å²) in [6.45, 7) is 6.10. The molecular formula is C67H98O6. The predicted molar refractivity (Wildman–Crippen MR) is 315 cm³/mol. The van der Waals surface area contributed by atoms with Gasteiger partial charge >= 0.3 is 17.9 Å². The van der Waals surface area contributed by atoms with Crippen LogP contribution in [0.15, 0.2) is 194 Å². The SMILES string of the molecule is CC/C=C\C/C=C\C/C=C\C/C=C\C/C=C\C/C=C\CCC(=O)OC(COC(=O)C/C=C\C/C=C\C/C=C\C/C=C\C/C=C\CC)COC(=O)CCCCCCC/C=C\C/C=C\C/C=C\C/C=C\C/C=C\CC. The van der Waals surface area contributed by atoms with E-state index in [1.54, 1.807) is 6.08 Å². The van der Waals surface area contributed by atoms with Crippen molar-refractivity contribution in [2.75, 3.05) is 13.2 Å². The Balaban J connectivity index is 4.68. The maximum atomic E-state index is 12.8. The van der Waals surface area contributed by atoms with E-state index < -0.39 is 18.0 Å². The van der Waals surface area contributed by atoms with Crippen molar-refractivity contribution < 1.29 is 28.6 Å². The molecule has 0 aromatic rings. The van der Waals surface area contributed by atoms with Crippen LogP contribution < -0.4 is 0 Å². The second-order valence-corrected chi connectivity index (χ2v) is 17.4. The first-order valence-corrected chi connectivity index (χ1v) is 27.9. The van der Waals surface area contributed by atoms with Crippen LogP contribution in [0.5, 0.6) is 0 Å². The number of carbonyl (C=O) groups excluding carboxylic acids is 3. The average molecular weight is 1000 g/mol. The highest BCUT2D eigenvalue weighted by atomic mass is 16.6. The molecule has 0 aliphatic heterocycles. The van der Waals surface area contributed by atoms with Gasteiger partial charge in [-0.05, 0) is 128 Å². The molecule has 0 spiro atoms. The van der Waals surface area contributed by atoms with Crippen molar-refractivity contribution in [2.24, 2.45) is 0 Å². The van der Waals surface area contributed by atoms with E-state index in [0.29, 0.717) is 19.3 Å². The van der Waals surface area contributed by atoms with Crippen LogP contribution in [0.4, 0.5) is 0 Å². The van der Waals surface area contributed by atoms with Gasteiger partial charge in [0, 0.05) is 12.8 Å². The summed E-state index contributed by atoms with van der Waals surface area (Å²) in [7, 11) is 0. The molecule has 0 radical (unpaired) electrons. The topological polar surface area (TPSA) is 78.9 Å². The summed E-state index contributed by atoms with van der Waals surface area (Å²) in [5, 5.41) is 0. The summed E-state index contributed by atoms with van der Waals surface area (Å²) < 4.78 is 16.6. The van der Waals surface area contributed by atoms with E-state index in [1.165, 1.54) is 0 Å². The van der Waals surface area contributed by atoms with Crippen LogP contribution in [-0.2, 0) is 28.6 Å². The van der Waals surface area contributed by atoms with E-state index >= 15 is 0 Å². The van der Waals surface area contributed by atoms with Gasteiger partial charge in [-0.25, -0.2) is 0 Å². The zero-order valence-corrected chi connectivity index (χ0v) is 45.8. The van der Waals surface area contributed by atoms with Gasteiger partial charge in [-0.3, -0.25) is 14.4 Å². The molecule has 6 heteroatoms. The number of rotatable bonds is 47. The molecule has 0 bridgehead atoms. The number of hydrogen-bond acceptors (Lipinski definition) is 6. The Bertz CT molecular complexity index is 1810.